The van der Waals surface area contributed by atoms with E-state index in [4.69, 9.17) is 0 Å². The number of pyridine rings is 1. The Hall–Kier alpha value is -2.44. The predicted octanol–water partition coefficient (Wildman–Crippen LogP) is 2.03. The number of aliphatic carboxylic acids is 1. The van der Waals surface area contributed by atoms with E-state index in [-0.39, 0.29) is 11.3 Å². The zero-order valence-corrected chi connectivity index (χ0v) is 16.3. The molecule has 2 aliphatic rings. The molecule has 2 fully saturated rings. The van der Waals surface area contributed by atoms with Crippen LogP contribution < -0.4 is 0 Å². The number of carboxylic acid groups (broad SMARTS) is 1. The van der Waals surface area contributed by atoms with E-state index in [1.54, 1.807) is 6.20 Å². The topological polar surface area (TPSA) is 86.1 Å². The fourth-order valence-corrected chi connectivity index (χ4v) is 3.18. The van der Waals surface area contributed by atoms with Crippen LogP contribution in [0.3, 0.4) is 0 Å². The van der Waals surface area contributed by atoms with Gasteiger partial charge in [-0.3, -0.25) is 9.78 Å². The number of piperazine rings is 1. The second-order valence-electron chi connectivity index (χ2n) is 8.00. The highest BCUT2D eigenvalue weighted by Crippen LogP contribution is 2.40. The van der Waals surface area contributed by atoms with Crippen molar-refractivity contribution in [1.29, 1.82) is 0 Å². The monoisotopic (exact) mass is 372 g/mol. The lowest BCUT2D eigenvalue weighted by molar-refractivity contribution is -0.141. The van der Waals surface area contributed by atoms with Crippen molar-refractivity contribution >= 4 is 17.7 Å². The molecule has 27 heavy (non-hydrogen) atoms. The van der Waals surface area contributed by atoms with Crippen LogP contribution in [0.2, 0.25) is 0 Å². The number of rotatable bonds is 5. The summed E-state index contributed by atoms with van der Waals surface area (Å²) in [6, 6.07) is 5.56. The highest BCUT2D eigenvalue weighted by atomic mass is 16.4. The van der Waals surface area contributed by atoms with Gasteiger partial charge in [0.2, 0.25) is 5.91 Å². The summed E-state index contributed by atoms with van der Waals surface area (Å²) in [5.41, 5.74) is -0.690. The summed E-state index contributed by atoms with van der Waals surface area (Å²) in [6.45, 7) is 8.44. The van der Waals surface area contributed by atoms with Gasteiger partial charge in [0.25, 0.3) is 0 Å². The quantitative estimate of drug-likeness (QED) is 0.631. The normalized spacial score (nSPS) is 19.7. The summed E-state index contributed by atoms with van der Waals surface area (Å²) in [7, 11) is 0. The molecule has 0 bridgehead atoms. The van der Waals surface area contributed by atoms with Crippen LogP contribution in [0.4, 0.5) is 0 Å². The molecule has 146 valence electrons. The van der Waals surface area contributed by atoms with E-state index in [1.807, 2.05) is 43.9 Å². The molecule has 7 heteroatoms. The van der Waals surface area contributed by atoms with Gasteiger partial charge in [-0.1, -0.05) is 26.8 Å². The Morgan fingerprint density at radius 2 is 1.81 bits per heavy atom. The molecular formula is C20H28N4O3. The predicted molar refractivity (Wildman–Crippen MR) is 103 cm³/mol. The number of aliphatic imine (C=N–C) groups is 1. The van der Waals surface area contributed by atoms with E-state index in [0.29, 0.717) is 50.6 Å². The van der Waals surface area contributed by atoms with Gasteiger partial charge in [0.05, 0.1) is 0 Å². The smallest absolute Gasteiger partial charge is 0.331 e. The number of nitrogens with zero attached hydrogens (tertiary/aromatic N) is 4. The first kappa shape index (κ1) is 19.3. The minimum atomic E-state index is -1.01. The summed E-state index contributed by atoms with van der Waals surface area (Å²) in [5, 5.41) is 9.53. The fraction of sp³-hybridized carbons (Fsp3) is 0.600. The lowest BCUT2D eigenvalue weighted by atomic mass is 9.88. The molecule has 1 aromatic rings. The van der Waals surface area contributed by atoms with E-state index in [2.05, 4.69) is 14.9 Å². The van der Waals surface area contributed by atoms with E-state index >= 15 is 0 Å². The highest BCUT2D eigenvalue weighted by Gasteiger charge is 2.51. The maximum Gasteiger partial charge on any atom is 0.331 e. The number of carbonyl (C=O) groups is 2. The first-order valence-corrected chi connectivity index (χ1v) is 9.58. The van der Waals surface area contributed by atoms with Gasteiger partial charge in [-0.05, 0) is 31.4 Å². The van der Waals surface area contributed by atoms with Crippen molar-refractivity contribution in [2.75, 3.05) is 26.2 Å². The lowest BCUT2D eigenvalue weighted by Crippen LogP contribution is -2.53. The maximum absolute atomic E-state index is 12.7. The van der Waals surface area contributed by atoms with Crippen molar-refractivity contribution in [3.63, 3.8) is 0 Å². The van der Waals surface area contributed by atoms with E-state index < -0.39 is 11.5 Å². The van der Waals surface area contributed by atoms with Crippen molar-refractivity contribution in [2.45, 2.75) is 45.6 Å². The highest BCUT2D eigenvalue weighted by molar-refractivity contribution is 6.00. The lowest BCUT2D eigenvalue weighted by Gasteiger charge is -2.39. The number of amides is 1. The molecule has 0 radical (unpaired) electrons. The summed E-state index contributed by atoms with van der Waals surface area (Å²) in [5.74, 6) is -0.0861. The SMILES string of the molecule is CCC(C)(C)C(=O)N1CCN(C(=NC2(C(=O)O)CC2)c2ccccn2)CC1. The largest absolute Gasteiger partial charge is 0.479 e. The van der Waals surface area contributed by atoms with Gasteiger partial charge < -0.3 is 14.9 Å². The number of hydrogen-bond acceptors (Lipinski definition) is 4. The van der Waals surface area contributed by atoms with Crippen molar-refractivity contribution in [3.05, 3.63) is 30.1 Å². The van der Waals surface area contributed by atoms with Gasteiger partial charge >= 0.3 is 5.97 Å². The average molecular weight is 372 g/mol. The Bertz CT molecular complexity index is 733. The van der Waals surface area contributed by atoms with Crippen LogP contribution >= 0.6 is 0 Å². The summed E-state index contributed by atoms with van der Waals surface area (Å²) < 4.78 is 0. The molecule has 2 heterocycles. The minimum absolute atomic E-state index is 0.171. The summed E-state index contributed by atoms with van der Waals surface area (Å²) in [4.78, 5) is 37.3. The third-order valence-electron chi connectivity index (χ3n) is 5.66. The first-order valence-electron chi connectivity index (χ1n) is 9.58. The zero-order valence-electron chi connectivity index (χ0n) is 16.3. The van der Waals surface area contributed by atoms with Crippen molar-refractivity contribution < 1.29 is 14.7 Å². The van der Waals surface area contributed by atoms with Crippen LogP contribution in [0.1, 0.15) is 45.7 Å². The van der Waals surface area contributed by atoms with Crippen molar-refractivity contribution in [2.24, 2.45) is 10.4 Å². The Morgan fingerprint density at radius 1 is 1.19 bits per heavy atom. The van der Waals surface area contributed by atoms with Gasteiger partial charge in [-0.2, -0.15) is 0 Å². The molecule has 0 unspecified atom stereocenters. The van der Waals surface area contributed by atoms with Gasteiger partial charge in [-0.25, -0.2) is 9.79 Å². The molecular weight excluding hydrogens is 344 g/mol. The first-order chi connectivity index (χ1) is 12.8. The molecule has 1 aliphatic heterocycles. The molecule has 0 spiro atoms. The molecule has 1 saturated carbocycles. The Morgan fingerprint density at radius 3 is 2.30 bits per heavy atom. The average Bonchev–Trinajstić information content (AvgIpc) is 3.47. The third-order valence-corrected chi connectivity index (χ3v) is 5.66. The van der Waals surface area contributed by atoms with Gasteiger partial charge in [0.1, 0.15) is 5.69 Å². The van der Waals surface area contributed by atoms with Crippen molar-refractivity contribution in [1.82, 2.24) is 14.8 Å². The molecule has 1 N–H and O–H groups in total. The second kappa shape index (κ2) is 7.29. The van der Waals surface area contributed by atoms with Gasteiger partial charge in [0.15, 0.2) is 11.4 Å². The Balaban J connectivity index is 1.79. The number of carbonyl (C=O) groups excluding carboxylic acids is 1. The third kappa shape index (κ3) is 3.96. The molecule has 1 aromatic heterocycles. The molecule has 0 atom stereocenters. The molecule has 1 amide bonds. The second-order valence-corrected chi connectivity index (χ2v) is 8.00. The van der Waals surface area contributed by atoms with Crippen LogP contribution in [-0.2, 0) is 9.59 Å². The number of amidine groups is 1. The standard InChI is InChI=1S/C20H28N4O3/c1-4-19(2,3)17(25)24-13-11-23(12-14-24)16(15-7-5-6-10-21-15)22-20(8-9-20)18(26)27/h5-7,10H,4,8-9,11-14H2,1-3H3,(H,26,27). The summed E-state index contributed by atoms with van der Waals surface area (Å²) >= 11 is 0. The Kier molecular flexibility index (Phi) is 5.22. The molecule has 3 rings (SSSR count). The van der Waals surface area contributed by atoms with Crippen LogP contribution in [-0.4, -0.2) is 69.3 Å². The molecule has 0 aromatic carbocycles. The van der Waals surface area contributed by atoms with Gasteiger partial charge in [-0.15, -0.1) is 0 Å². The van der Waals surface area contributed by atoms with Gasteiger partial charge in [0, 0.05) is 37.8 Å². The van der Waals surface area contributed by atoms with E-state index in [1.165, 1.54) is 0 Å². The number of hydrogen-bond donors (Lipinski definition) is 1. The zero-order chi connectivity index (χ0) is 19.7. The summed E-state index contributed by atoms with van der Waals surface area (Å²) in [6.07, 6.45) is 3.60. The van der Waals surface area contributed by atoms with Crippen LogP contribution in [0.15, 0.2) is 29.4 Å². The maximum atomic E-state index is 12.7. The Labute approximate surface area is 160 Å². The molecule has 1 aliphatic carbocycles. The van der Waals surface area contributed by atoms with Crippen LogP contribution in [0.5, 0.6) is 0 Å². The van der Waals surface area contributed by atoms with E-state index in [0.717, 1.165) is 6.42 Å². The van der Waals surface area contributed by atoms with E-state index in [9.17, 15) is 14.7 Å². The molecule has 1 saturated heterocycles. The number of carboxylic acids is 1. The minimum Gasteiger partial charge on any atom is -0.479 e. The molecule has 7 nitrogen and oxygen atoms in total. The van der Waals surface area contributed by atoms with Crippen LogP contribution in [0, 0.1) is 5.41 Å². The fourth-order valence-electron chi connectivity index (χ4n) is 3.18. The van der Waals surface area contributed by atoms with Crippen LogP contribution in [0.25, 0.3) is 0 Å². The van der Waals surface area contributed by atoms with Crippen molar-refractivity contribution in [3.8, 4) is 0 Å². The number of aromatic nitrogens is 1.